The van der Waals surface area contributed by atoms with Gasteiger partial charge in [0.25, 0.3) is 0 Å². The Morgan fingerprint density at radius 2 is 2.00 bits per heavy atom. The van der Waals surface area contributed by atoms with E-state index in [1.165, 1.54) is 0 Å². The maximum atomic E-state index is 11.1. The van der Waals surface area contributed by atoms with Crippen LogP contribution in [-0.4, -0.2) is 18.5 Å². The maximum absolute atomic E-state index is 11.1. The van der Waals surface area contributed by atoms with Crippen LogP contribution in [0.15, 0.2) is 30.5 Å². The second-order valence-electron chi connectivity index (χ2n) is 2.97. The first-order valence-corrected chi connectivity index (χ1v) is 5.66. The molecule has 1 aromatic carbocycles. The van der Waals surface area contributed by atoms with Gasteiger partial charge in [-0.2, -0.15) is 0 Å². The molecule has 0 bridgehead atoms. The van der Waals surface area contributed by atoms with Crippen LogP contribution in [0.4, 0.5) is 4.79 Å². The summed E-state index contributed by atoms with van der Waals surface area (Å²) in [5, 5.41) is 5.82. The van der Waals surface area contributed by atoms with E-state index in [9.17, 15) is 4.79 Å². The quantitative estimate of drug-likeness (QED) is 0.802. The monoisotopic (exact) mass is 258 g/mol. The van der Waals surface area contributed by atoms with Crippen LogP contribution in [0.3, 0.4) is 0 Å². The highest BCUT2D eigenvalue weighted by molar-refractivity contribution is 6.30. The minimum atomic E-state index is -0.272. The third-order valence-corrected chi connectivity index (χ3v) is 2.18. The summed E-state index contributed by atoms with van der Waals surface area (Å²) in [6.07, 6.45) is 3.34. The first-order chi connectivity index (χ1) is 7.72. The van der Waals surface area contributed by atoms with Crippen molar-refractivity contribution in [2.45, 2.75) is 0 Å². The molecule has 0 aliphatic rings. The number of hydrogen-bond acceptors (Lipinski definition) is 1. The number of benzene rings is 1. The Hall–Kier alpha value is -1.19. The Balaban J connectivity index is 2.37. The summed E-state index contributed by atoms with van der Waals surface area (Å²) < 4.78 is 0. The van der Waals surface area contributed by atoms with Gasteiger partial charge in [0, 0.05) is 23.6 Å². The molecule has 0 atom stereocenters. The molecule has 1 rings (SSSR count). The van der Waals surface area contributed by atoms with Crippen molar-refractivity contribution in [3.63, 3.8) is 0 Å². The van der Waals surface area contributed by atoms with Crippen molar-refractivity contribution in [3.05, 3.63) is 41.1 Å². The van der Waals surface area contributed by atoms with Gasteiger partial charge < -0.3 is 10.6 Å². The maximum Gasteiger partial charge on any atom is 0.318 e. The van der Waals surface area contributed by atoms with Crippen LogP contribution in [0.5, 0.6) is 0 Å². The Labute approximate surface area is 104 Å². The molecule has 0 spiro atoms. The van der Waals surface area contributed by atoms with Crippen molar-refractivity contribution < 1.29 is 4.79 Å². The zero-order chi connectivity index (χ0) is 11.8. The van der Waals surface area contributed by atoms with Crippen LogP contribution in [0, 0.1) is 0 Å². The third-order valence-electron chi connectivity index (χ3n) is 1.74. The Morgan fingerprint density at radius 1 is 1.31 bits per heavy atom. The number of hydrogen-bond donors (Lipinski definition) is 2. The molecule has 0 aromatic heterocycles. The number of alkyl halides is 1. The van der Waals surface area contributed by atoms with Gasteiger partial charge >= 0.3 is 6.03 Å². The number of halogens is 2. The second kappa shape index (κ2) is 7.14. The molecule has 0 saturated carbocycles. The van der Waals surface area contributed by atoms with E-state index in [-0.39, 0.29) is 6.03 Å². The summed E-state index contributed by atoms with van der Waals surface area (Å²) in [4.78, 5) is 11.1. The summed E-state index contributed by atoms with van der Waals surface area (Å²) in [6, 6.07) is 7.02. The summed E-state index contributed by atoms with van der Waals surface area (Å²) in [5.74, 6) is 0.397. The molecule has 0 fully saturated rings. The van der Waals surface area contributed by atoms with Crippen LogP contribution in [0.1, 0.15) is 5.56 Å². The molecule has 0 heterocycles. The fourth-order valence-corrected chi connectivity index (χ4v) is 1.22. The second-order valence-corrected chi connectivity index (χ2v) is 3.79. The number of urea groups is 1. The molecular formula is C11H12Cl2N2O. The van der Waals surface area contributed by atoms with Crippen molar-refractivity contribution >= 4 is 35.3 Å². The van der Waals surface area contributed by atoms with Gasteiger partial charge in [0.2, 0.25) is 0 Å². The average molecular weight is 259 g/mol. The standard InChI is InChI=1S/C11H12Cl2N2O/c12-6-8-15-11(16)14-7-5-9-1-3-10(13)4-2-9/h1-5,7H,6,8H2,(H2,14,15,16)/b7-5+. The van der Waals surface area contributed by atoms with Crippen LogP contribution in [0.2, 0.25) is 5.02 Å². The Kier molecular flexibility index (Phi) is 5.75. The molecule has 16 heavy (non-hydrogen) atoms. The highest BCUT2D eigenvalue weighted by Crippen LogP contribution is 2.10. The van der Waals surface area contributed by atoms with Gasteiger partial charge in [-0.05, 0) is 23.8 Å². The van der Waals surface area contributed by atoms with Gasteiger partial charge in [-0.1, -0.05) is 23.7 Å². The summed E-state index contributed by atoms with van der Waals surface area (Å²) >= 11 is 11.2. The lowest BCUT2D eigenvalue weighted by atomic mass is 10.2. The summed E-state index contributed by atoms with van der Waals surface area (Å²) in [5.41, 5.74) is 0.960. The third kappa shape index (κ3) is 5.05. The van der Waals surface area contributed by atoms with E-state index in [2.05, 4.69) is 10.6 Å². The van der Waals surface area contributed by atoms with E-state index in [1.807, 2.05) is 12.1 Å². The van der Waals surface area contributed by atoms with Gasteiger partial charge in [-0.15, -0.1) is 11.6 Å². The molecule has 0 saturated heterocycles. The summed E-state index contributed by atoms with van der Waals surface area (Å²) in [6.45, 7) is 0.447. The predicted octanol–water partition coefficient (Wildman–Crippen LogP) is 2.85. The number of carbonyl (C=O) groups excluding carboxylic acids is 1. The van der Waals surface area contributed by atoms with Gasteiger partial charge in [0.05, 0.1) is 0 Å². The lowest BCUT2D eigenvalue weighted by Gasteiger charge is -2.01. The minimum absolute atomic E-state index is 0.272. The molecule has 5 heteroatoms. The van der Waals surface area contributed by atoms with Crippen molar-refractivity contribution in [2.75, 3.05) is 12.4 Å². The van der Waals surface area contributed by atoms with E-state index < -0.39 is 0 Å². The zero-order valence-corrected chi connectivity index (χ0v) is 10.1. The van der Waals surface area contributed by atoms with Gasteiger partial charge in [-0.25, -0.2) is 4.79 Å². The fourth-order valence-electron chi connectivity index (χ4n) is 0.999. The van der Waals surface area contributed by atoms with E-state index in [0.29, 0.717) is 17.4 Å². The number of carbonyl (C=O) groups is 1. The topological polar surface area (TPSA) is 41.1 Å². The summed E-state index contributed by atoms with van der Waals surface area (Å²) in [7, 11) is 0. The first kappa shape index (κ1) is 12.9. The smallest absolute Gasteiger partial charge is 0.318 e. The van der Waals surface area contributed by atoms with Crippen LogP contribution in [0.25, 0.3) is 6.08 Å². The molecule has 3 nitrogen and oxygen atoms in total. The van der Waals surface area contributed by atoms with E-state index in [0.717, 1.165) is 5.56 Å². The molecule has 1 aromatic rings. The van der Waals surface area contributed by atoms with Crippen molar-refractivity contribution in [1.82, 2.24) is 10.6 Å². The van der Waals surface area contributed by atoms with Gasteiger partial charge in [0.15, 0.2) is 0 Å². The van der Waals surface area contributed by atoms with E-state index >= 15 is 0 Å². The number of nitrogens with one attached hydrogen (secondary N) is 2. The predicted molar refractivity (Wildman–Crippen MR) is 67.7 cm³/mol. The number of rotatable bonds is 4. The Morgan fingerprint density at radius 3 is 2.62 bits per heavy atom. The molecule has 86 valence electrons. The molecule has 2 N–H and O–H groups in total. The van der Waals surface area contributed by atoms with Crippen molar-refractivity contribution in [3.8, 4) is 0 Å². The molecule has 2 amide bonds. The highest BCUT2D eigenvalue weighted by Gasteiger charge is 1.93. The zero-order valence-electron chi connectivity index (χ0n) is 8.54. The normalized spacial score (nSPS) is 10.4. The van der Waals surface area contributed by atoms with Crippen molar-refractivity contribution in [1.29, 1.82) is 0 Å². The van der Waals surface area contributed by atoms with Crippen molar-refractivity contribution in [2.24, 2.45) is 0 Å². The highest BCUT2D eigenvalue weighted by atomic mass is 35.5. The SMILES string of the molecule is O=C(N/C=C/c1ccc(Cl)cc1)NCCCl. The fraction of sp³-hybridized carbons (Fsp3) is 0.182. The average Bonchev–Trinajstić information content (AvgIpc) is 2.29. The van der Waals surface area contributed by atoms with E-state index in [1.54, 1.807) is 24.4 Å². The van der Waals surface area contributed by atoms with Gasteiger partial charge in [-0.3, -0.25) is 0 Å². The molecule has 0 radical (unpaired) electrons. The van der Waals surface area contributed by atoms with Crippen LogP contribution >= 0.6 is 23.2 Å². The van der Waals surface area contributed by atoms with Crippen LogP contribution < -0.4 is 10.6 Å². The molecule has 0 aliphatic heterocycles. The van der Waals surface area contributed by atoms with Gasteiger partial charge in [0.1, 0.15) is 0 Å². The lowest BCUT2D eigenvalue weighted by Crippen LogP contribution is -2.33. The molecule has 0 unspecified atom stereocenters. The molecular weight excluding hydrogens is 247 g/mol. The first-order valence-electron chi connectivity index (χ1n) is 4.75. The minimum Gasteiger partial charge on any atom is -0.337 e. The van der Waals surface area contributed by atoms with E-state index in [4.69, 9.17) is 23.2 Å². The Bertz CT molecular complexity index is 363. The van der Waals surface area contributed by atoms with Crippen LogP contribution in [-0.2, 0) is 0 Å². The largest absolute Gasteiger partial charge is 0.337 e. The lowest BCUT2D eigenvalue weighted by molar-refractivity contribution is 0.245. The molecule has 0 aliphatic carbocycles. The number of amides is 2.